The Labute approximate surface area is 123 Å². The Bertz CT molecular complexity index is 601. The molecule has 0 aliphatic carbocycles. The number of benzene rings is 2. The van der Waals surface area contributed by atoms with E-state index in [1.54, 1.807) is 18.2 Å². The zero-order valence-electron chi connectivity index (χ0n) is 9.28. The summed E-state index contributed by atoms with van der Waals surface area (Å²) in [6.45, 7) is 0. The van der Waals surface area contributed by atoms with Crippen LogP contribution in [0.3, 0.4) is 0 Å². The van der Waals surface area contributed by atoms with Crippen molar-refractivity contribution in [3.05, 3.63) is 56.6 Å². The van der Waals surface area contributed by atoms with Gasteiger partial charge in [0.2, 0.25) is 0 Å². The van der Waals surface area contributed by atoms with Gasteiger partial charge in [-0.3, -0.25) is 4.79 Å². The van der Waals surface area contributed by atoms with Crippen LogP contribution in [0.2, 0.25) is 5.02 Å². The highest BCUT2D eigenvalue weighted by molar-refractivity contribution is 14.1. The molecule has 1 amide bonds. The Morgan fingerprint density at radius 2 is 2.00 bits per heavy atom. The molecule has 3 N–H and O–H groups in total. The molecule has 0 saturated heterocycles. The minimum atomic E-state index is -0.267. The van der Waals surface area contributed by atoms with E-state index in [-0.39, 0.29) is 5.91 Å². The van der Waals surface area contributed by atoms with Crippen molar-refractivity contribution < 1.29 is 4.79 Å². The Hall–Kier alpha value is -1.27. The maximum Gasteiger partial charge on any atom is 0.257 e. The molecular weight excluding hydrogens is 363 g/mol. The molecule has 5 heteroatoms. The predicted molar refractivity (Wildman–Crippen MR) is 83.0 cm³/mol. The molecule has 18 heavy (non-hydrogen) atoms. The monoisotopic (exact) mass is 372 g/mol. The molecule has 0 aromatic heterocycles. The second-order valence-corrected chi connectivity index (χ2v) is 5.38. The van der Waals surface area contributed by atoms with Gasteiger partial charge in [0.05, 0.1) is 5.56 Å². The topological polar surface area (TPSA) is 55.1 Å². The number of carbonyl (C=O) groups is 1. The first-order valence-electron chi connectivity index (χ1n) is 5.18. The van der Waals surface area contributed by atoms with Gasteiger partial charge in [0, 0.05) is 20.0 Å². The van der Waals surface area contributed by atoms with E-state index in [0.29, 0.717) is 16.3 Å². The maximum atomic E-state index is 12.0. The van der Waals surface area contributed by atoms with Crippen LogP contribution in [0.25, 0.3) is 0 Å². The number of rotatable bonds is 2. The number of carbonyl (C=O) groups excluding carboxylic acids is 1. The zero-order chi connectivity index (χ0) is 13.1. The summed E-state index contributed by atoms with van der Waals surface area (Å²) in [7, 11) is 0. The number of nitrogen functional groups attached to an aromatic ring is 1. The second kappa shape index (κ2) is 5.58. The first-order valence-corrected chi connectivity index (χ1v) is 6.64. The average molecular weight is 373 g/mol. The number of anilines is 2. The number of hydrogen-bond donors (Lipinski definition) is 2. The van der Waals surface area contributed by atoms with Crippen LogP contribution in [-0.2, 0) is 0 Å². The summed E-state index contributed by atoms with van der Waals surface area (Å²) in [5.41, 5.74) is 7.26. The molecule has 0 fully saturated rings. The second-order valence-electron chi connectivity index (χ2n) is 3.70. The first-order chi connectivity index (χ1) is 8.56. The molecule has 0 unspecified atom stereocenters. The summed E-state index contributed by atoms with van der Waals surface area (Å²) in [6, 6.07) is 12.3. The van der Waals surface area contributed by atoms with E-state index in [9.17, 15) is 4.79 Å². The van der Waals surface area contributed by atoms with E-state index in [2.05, 4.69) is 27.9 Å². The number of hydrogen-bond acceptors (Lipinski definition) is 2. The molecular formula is C13H10ClIN2O. The molecule has 0 aliphatic rings. The van der Waals surface area contributed by atoms with Gasteiger partial charge in [-0.25, -0.2) is 0 Å². The first kappa shape index (κ1) is 13.2. The molecule has 0 bridgehead atoms. The van der Waals surface area contributed by atoms with Gasteiger partial charge in [0.25, 0.3) is 5.91 Å². The van der Waals surface area contributed by atoms with Gasteiger partial charge in [0.15, 0.2) is 0 Å². The third-order valence-electron chi connectivity index (χ3n) is 2.34. The fraction of sp³-hybridized carbons (Fsp3) is 0. The summed E-state index contributed by atoms with van der Waals surface area (Å²) in [6.07, 6.45) is 0. The van der Waals surface area contributed by atoms with Crippen molar-refractivity contribution in [3.63, 3.8) is 0 Å². The van der Waals surface area contributed by atoms with Crippen LogP contribution in [0, 0.1) is 3.57 Å². The third-order valence-corrected chi connectivity index (χ3v) is 3.25. The highest BCUT2D eigenvalue weighted by atomic mass is 127. The Balaban J connectivity index is 2.24. The smallest absolute Gasteiger partial charge is 0.257 e. The zero-order valence-corrected chi connectivity index (χ0v) is 12.2. The van der Waals surface area contributed by atoms with E-state index in [4.69, 9.17) is 17.3 Å². The van der Waals surface area contributed by atoms with Crippen LogP contribution in [-0.4, -0.2) is 5.91 Å². The Morgan fingerprint density at radius 3 is 2.72 bits per heavy atom. The molecule has 0 spiro atoms. The molecule has 0 aliphatic heterocycles. The van der Waals surface area contributed by atoms with Crippen molar-refractivity contribution in [2.24, 2.45) is 0 Å². The van der Waals surface area contributed by atoms with Gasteiger partial charge in [-0.2, -0.15) is 0 Å². The lowest BCUT2D eigenvalue weighted by Crippen LogP contribution is -2.14. The number of nitrogens with one attached hydrogen (secondary N) is 1. The maximum absolute atomic E-state index is 12.0. The minimum Gasteiger partial charge on any atom is -0.398 e. The standard InChI is InChI=1S/C13H10ClIN2O/c14-8-4-5-12(16)11(6-8)13(18)17-10-3-1-2-9(15)7-10/h1-7H,16H2,(H,17,18). The largest absolute Gasteiger partial charge is 0.398 e. The summed E-state index contributed by atoms with van der Waals surface area (Å²) in [5, 5.41) is 3.27. The normalized spacial score (nSPS) is 10.1. The van der Waals surface area contributed by atoms with Crippen LogP contribution in [0.15, 0.2) is 42.5 Å². The lowest BCUT2D eigenvalue weighted by molar-refractivity contribution is 0.102. The number of halogens is 2. The van der Waals surface area contributed by atoms with Crippen LogP contribution in [0.4, 0.5) is 11.4 Å². The molecule has 0 radical (unpaired) electrons. The summed E-state index contributed by atoms with van der Waals surface area (Å²) >= 11 is 8.03. The molecule has 2 aromatic carbocycles. The van der Waals surface area contributed by atoms with Gasteiger partial charge in [-0.15, -0.1) is 0 Å². The summed E-state index contributed by atoms with van der Waals surface area (Å²) in [5.74, 6) is -0.267. The van der Waals surface area contributed by atoms with Gasteiger partial charge >= 0.3 is 0 Å². The third kappa shape index (κ3) is 3.14. The molecule has 0 heterocycles. The fourth-order valence-electron chi connectivity index (χ4n) is 1.49. The van der Waals surface area contributed by atoms with Gasteiger partial charge in [0.1, 0.15) is 0 Å². The van der Waals surface area contributed by atoms with E-state index in [1.165, 1.54) is 0 Å². The summed E-state index contributed by atoms with van der Waals surface area (Å²) in [4.78, 5) is 12.0. The van der Waals surface area contributed by atoms with E-state index >= 15 is 0 Å². The van der Waals surface area contributed by atoms with Crippen LogP contribution >= 0.6 is 34.2 Å². The molecule has 0 saturated carbocycles. The average Bonchev–Trinajstić information content (AvgIpc) is 2.32. The molecule has 0 atom stereocenters. The van der Waals surface area contributed by atoms with Crippen molar-refractivity contribution >= 4 is 51.5 Å². The van der Waals surface area contributed by atoms with Gasteiger partial charge in [-0.05, 0) is 59.0 Å². The lowest BCUT2D eigenvalue weighted by Gasteiger charge is -2.08. The van der Waals surface area contributed by atoms with Crippen molar-refractivity contribution in [2.45, 2.75) is 0 Å². The van der Waals surface area contributed by atoms with Crippen LogP contribution in [0.1, 0.15) is 10.4 Å². The Kier molecular flexibility index (Phi) is 4.08. The quantitative estimate of drug-likeness (QED) is 0.623. The van der Waals surface area contributed by atoms with E-state index in [1.807, 2.05) is 24.3 Å². The Morgan fingerprint density at radius 1 is 1.22 bits per heavy atom. The molecule has 3 nitrogen and oxygen atoms in total. The number of amides is 1. The van der Waals surface area contributed by atoms with Crippen molar-refractivity contribution in [3.8, 4) is 0 Å². The SMILES string of the molecule is Nc1ccc(Cl)cc1C(=O)Nc1cccc(I)c1. The van der Waals surface area contributed by atoms with Gasteiger partial charge < -0.3 is 11.1 Å². The summed E-state index contributed by atoms with van der Waals surface area (Å²) < 4.78 is 1.05. The van der Waals surface area contributed by atoms with Crippen molar-refractivity contribution in [1.82, 2.24) is 0 Å². The number of nitrogens with two attached hydrogens (primary N) is 1. The highest BCUT2D eigenvalue weighted by Gasteiger charge is 2.10. The van der Waals surface area contributed by atoms with E-state index < -0.39 is 0 Å². The van der Waals surface area contributed by atoms with E-state index in [0.717, 1.165) is 9.26 Å². The van der Waals surface area contributed by atoms with Crippen molar-refractivity contribution in [1.29, 1.82) is 0 Å². The predicted octanol–water partition coefficient (Wildman–Crippen LogP) is 3.78. The lowest BCUT2D eigenvalue weighted by atomic mass is 10.1. The molecule has 92 valence electrons. The van der Waals surface area contributed by atoms with Gasteiger partial charge in [-0.1, -0.05) is 17.7 Å². The molecule has 2 rings (SSSR count). The molecule has 2 aromatic rings. The van der Waals surface area contributed by atoms with Crippen molar-refractivity contribution in [2.75, 3.05) is 11.1 Å². The fourth-order valence-corrected chi connectivity index (χ4v) is 2.21. The van der Waals surface area contributed by atoms with Crippen LogP contribution < -0.4 is 11.1 Å². The highest BCUT2D eigenvalue weighted by Crippen LogP contribution is 2.20. The minimum absolute atomic E-state index is 0.267. The van der Waals surface area contributed by atoms with Crippen LogP contribution in [0.5, 0.6) is 0 Å².